The molecule has 1 atom stereocenters. The zero-order valence-corrected chi connectivity index (χ0v) is 9.41. The van der Waals surface area contributed by atoms with Crippen molar-refractivity contribution in [1.29, 1.82) is 0 Å². The number of carbonyl (C=O) groups is 1. The molecule has 1 rings (SSSR count). The smallest absolute Gasteiger partial charge is 0.395 e. The van der Waals surface area contributed by atoms with E-state index in [1.54, 1.807) is 0 Å². The number of aliphatic hydroxyl groups is 1. The molecule has 0 saturated heterocycles. The van der Waals surface area contributed by atoms with Gasteiger partial charge in [-0.15, -0.1) is 0 Å². The topological polar surface area (TPSA) is 40.5 Å². The van der Waals surface area contributed by atoms with Crippen molar-refractivity contribution >= 4 is 5.91 Å². The van der Waals surface area contributed by atoms with Crippen molar-refractivity contribution in [2.45, 2.75) is 25.4 Å². The number of hydrogen-bond donors (Lipinski definition) is 1. The first-order valence-corrected chi connectivity index (χ1v) is 5.55. The molecule has 0 heterocycles. The van der Waals surface area contributed by atoms with Crippen molar-refractivity contribution in [1.82, 2.24) is 4.90 Å². The van der Waals surface area contributed by atoms with Crippen molar-refractivity contribution < 1.29 is 23.1 Å². The van der Waals surface area contributed by atoms with E-state index in [1.807, 2.05) is 12.2 Å². The molecule has 6 heteroatoms. The van der Waals surface area contributed by atoms with Gasteiger partial charge >= 0.3 is 6.18 Å². The average Bonchev–Trinajstić information content (AvgIpc) is 2.27. The lowest BCUT2D eigenvalue weighted by Gasteiger charge is -2.28. The van der Waals surface area contributed by atoms with E-state index < -0.39 is 25.2 Å². The Labute approximate surface area is 97.9 Å². The average molecular weight is 251 g/mol. The van der Waals surface area contributed by atoms with Gasteiger partial charge in [0, 0.05) is 12.5 Å². The molecule has 1 unspecified atom stereocenters. The minimum absolute atomic E-state index is 0.265. The summed E-state index contributed by atoms with van der Waals surface area (Å²) in [5.74, 6) is -0.894. The minimum Gasteiger partial charge on any atom is -0.395 e. The quantitative estimate of drug-likeness (QED) is 0.773. The summed E-state index contributed by atoms with van der Waals surface area (Å²) in [4.78, 5) is 12.5. The lowest BCUT2D eigenvalue weighted by molar-refractivity contribution is -0.164. The van der Waals surface area contributed by atoms with Crippen LogP contribution in [0.3, 0.4) is 0 Å². The maximum atomic E-state index is 12.3. The van der Waals surface area contributed by atoms with Crippen molar-refractivity contribution in [2.24, 2.45) is 5.92 Å². The first-order chi connectivity index (χ1) is 7.94. The molecule has 17 heavy (non-hydrogen) atoms. The number of amides is 1. The number of rotatable bonds is 4. The third-order valence-electron chi connectivity index (χ3n) is 2.67. The highest BCUT2D eigenvalue weighted by Crippen LogP contribution is 2.23. The molecule has 0 bridgehead atoms. The summed E-state index contributed by atoms with van der Waals surface area (Å²) in [5.41, 5.74) is 0. The molecule has 98 valence electrons. The normalized spacial score (nSPS) is 20.4. The van der Waals surface area contributed by atoms with Gasteiger partial charge in [0.1, 0.15) is 6.54 Å². The summed E-state index contributed by atoms with van der Waals surface area (Å²) in [6.45, 7) is -2.00. The van der Waals surface area contributed by atoms with E-state index in [0.717, 1.165) is 6.42 Å². The van der Waals surface area contributed by atoms with Crippen LogP contribution in [0.15, 0.2) is 12.2 Å². The lowest BCUT2D eigenvalue weighted by Crippen LogP contribution is -2.43. The second-order valence-corrected chi connectivity index (χ2v) is 4.08. The van der Waals surface area contributed by atoms with Crippen LogP contribution < -0.4 is 0 Å². The van der Waals surface area contributed by atoms with Crippen LogP contribution in [0.2, 0.25) is 0 Å². The number of halogens is 3. The van der Waals surface area contributed by atoms with Gasteiger partial charge in [0.05, 0.1) is 6.61 Å². The third-order valence-corrected chi connectivity index (χ3v) is 2.67. The molecular weight excluding hydrogens is 235 g/mol. The molecule has 0 saturated carbocycles. The molecule has 1 aliphatic rings. The molecule has 1 N–H and O–H groups in total. The molecule has 0 fully saturated rings. The molecule has 0 aromatic heterocycles. The first kappa shape index (κ1) is 14.0. The molecular formula is C11H16F3NO2. The molecule has 0 aromatic carbocycles. The number of alkyl halides is 3. The van der Waals surface area contributed by atoms with Crippen molar-refractivity contribution in [3.63, 3.8) is 0 Å². The van der Waals surface area contributed by atoms with Crippen LogP contribution in [-0.4, -0.2) is 41.8 Å². The van der Waals surface area contributed by atoms with Crippen LogP contribution in [0.5, 0.6) is 0 Å². The van der Waals surface area contributed by atoms with Gasteiger partial charge in [-0.1, -0.05) is 12.2 Å². The Morgan fingerprint density at radius 2 is 2.12 bits per heavy atom. The van der Waals surface area contributed by atoms with E-state index in [1.165, 1.54) is 0 Å². The van der Waals surface area contributed by atoms with Gasteiger partial charge in [0.25, 0.3) is 0 Å². The van der Waals surface area contributed by atoms with Gasteiger partial charge in [-0.2, -0.15) is 13.2 Å². The Hall–Kier alpha value is -1.04. The monoisotopic (exact) mass is 251 g/mol. The SMILES string of the molecule is O=C(C1CC=CCC1)N(CCO)CC(F)(F)F. The molecule has 1 amide bonds. The summed E-state index contributed by atoms with van der Waals surface area (Å²) in [5, 5.41) is 8.71. The Bertz CT molecular complexity index is 289. The third kappa shape index (κ3) is 4.77. The Balaban J connectivity index is 2.62. The molecule has 1 aliphatic carbocycles. The van der Waals surface area contributed by atoms with Crippen molar-refractivity contribution in [3.8, 4) is 0 Å². The Morgan fingerprint density at radius 3 is 2.59 bits per heavy atom. The van der Waals surface area contributed by atoms with Crippen molar-refractivity contribution in [2.75, 3.05) is 19.7 Å². The van der Waals surface area contributed by atoms with Crippen LogP contribution in [0, 0.1) is 5.92 Å². The van der Waals surface area contributed by atoms with E-state index in [9.17, 15) is 18.0 Å². The molecule has 0 aliphatic heterocycles. The highest BCUT2D eigenvalue weighted by molar-refractivity contribution is 5.79. The summed E-state index contributed by atoms with van der Waals surface area (Å²) in [7, 11) is 0. The van der Waals surface area contributed by atoms with E-state index in [-0.39, 0.29) is 12.5 Å². The summed E-state index contributed by atoms with van der Waals surface area (Å²) >= 11 is 0. The summed E-state index contributed by atoms with van der Waals surface area (Å²) in [6.07, 6.45) is 1.10. The fourth-order valence-electron chi connectivity index (χ4n) is 1.88. The fourth-order valence-corrected chi connectivity index (χ4v) is 1.88. The van der Waals surface area contributed by atoms with Gasteiger partial charge in [0.15, 0.2) is 0 Å². The van der Waals surface area contributed by atoms with E-state index >= 15 is 0 Å². The molecule has 0 aromatic rings. The van der Waals surface area contributed by atoms with E-state index in [2.05, 4.69) is 0 Å². The number of hydrogen-bond acceptors (Lipinski definition) is 2. The van der Waals surface area contributed by atoms with E-state index in [0.29, 0.717) is 17.7 Å². The largest absolute Gasteiger partial charge is 0.406 e. The molecule has 0 spiro atoms. The zero-order chi connectivity index (χ0) is 12.9. The zero-order valence-electron chi connectivity index (χ0n) is 9.41. The maximum Gasteiger partial charge on any atom is 0.406 e. The van der Waals surface area contributed by atoms with Crippen molar-refractivity contribution in [3.05, 3.63) is 12.2 Å². The van der Waals surface area contributed by atoms with Crippen LogP contribution >= 0.6 is 0 Å². The number of aliphatic hydroxyl groups excluding tert-OH is 1. The number of nitrogens with zero attached hydrogens (tertiary/aromatic N) is 1. The minimum atomic E-state index is -4.42. The lowest BCUT2D eigenvalue weighted by atomic mass is 9.93. The predicted octanol–water partition coefficient (Wildman–Crippen LogP) is 1.73. The van der Waals surface area contributed by atoms with Gasteiger partial charge in [-0.25, -0.2) is 0 Å². The fraction of sp³-hybridized carbons (Fsp3) is 0.727. The van der Waals surface area contributed by atoms with Gasteiger partial charge in [-0.05, 0) is 19.3 Å². The first-order valence-electron chi connectivity index (χ1n) is 5.55. The molecule has 0 radical (unpaired) electrons. The van der Waals surface area contributed by atoms with Gasteiger partial charge < -0.3 is 10.0 Å². The summed E-state index contributed by atoms with van der Waals surface area (Å²) < 4.78 is 36.8. The molecule has 3 nitrogen and oxygen atoms in total. The standard InChI is InChI=1S/C11H16F3NO2/c12-11(13,14)8-15(6-7-16)10(17)9-4-2-1-3-5-9/h1-2,9,16H,3-8H2. The van der Waals surface area contributed by atoms with Gasteiger partial charge in [-0.3, -0.25) is 4.79 Å². The van der Waals surface area contributed by atoms with Crippen LogP contribution in [0.25, 0.3) is 0 Å². The highest BCUT2D eigenvalue weighted by atomic mass is 19.4. The van der Waals surface area contributed by atoms with Crippen LogP contribution in [0.4, 0.5) is 13.2 Å². The highest BCUT2D eigenvalue weighted by Gasteiger charge is 2.34. The number of carbonyl (C=O) groups excluding carboxylic acids is 1. The predicted molar refractivity (Wildman–Crippen MR) is 56.2 cm³/mol. The Morgan fingerprint density at radius 1 is 1.41 bits per heavy atom. The summed E-state index contributed by atoms with van der Waals surface area (Å²) in [6, 6.07) is 0. The second kappa shape index (κ2) is 6.05. The van der Waals surface area contributed by atoms with Gasteiger partial charge in [0.2, 0.25) is 5.91 Å². The number of allylic oxidation sites excluding steroid dienone is 2. The van der Waals surface area contributed by atoms with Crippen LogP contribution in [-0.2, 0) is 4.79 Å². The maximum absolute atomic E-state index is 12.3. The van der Waals surface area contributed by atoms with E-state index in [4.69, 9.17) is 5.11 Å². The second-order valence-electron chi connectivity index (χ2n) is 4.08. The van der Waals surface area contributed by atoms with Crippen LogP contribution in [0.1, 0.15) is 19.3 Å². The Kier molecular flexibility index (Phi) is 4.99.